The zero-order valence-corrected chi connectivity index (χ0v) is 7.29. The number of aromatic amines is 1. The molecule has 0 aliphatic carbocycles. The van der Waals surface area contributed by atoms with Gasteiger partial charge in [-0.25, -0.2) is 5.10 Å². The summed E-state index contributed by atoms with van der Waals surface area (Å²) in [4.78, 5) is 11.0. The number of hydrogen-bond acceptors (Lipinski definition) is 3. The molecule has 4 heteroatoms. The second-order valence-corrected chi connectivity index (χ2v) is 3.01. The maximum Gasteiger partial charge on any atom is 0.268 e. The first-order chi connectivity index (χ1) is 5.65. The molecule has 12 heavy (non-hydrogen) atoms. The lowest BCUT2D eigenvalue weighted by Gasteiger charge is -2.03. The molecule has 0 fully saturated rings. The molecule has 0 saturated carbocycles. The number of nitrogens with zero attached hydrogens (tertiary/aromatic N) is 1. The fourth-order valence-electron chi connectivity index (χ4n) is 0.911. The molecule has 3 N–H and O–H groups in total. The Morgan fingerprint density at radius 3 is 2.83 bits per heavy atom. The summed E-state index contributed by atoms with van der Waals surface area (Å²) in [5.74, 6) is 0.312. The Morgan fingerprint density at radius 2 is 2.33 bits per heavy atom. The first kappa shape index (κ1) is 8.93. The van der Waals surface area contributed by atoms with Gasteiger partial charge in [0.15, 0.2) is 0 Å². The summed E-state index contributed by atoms with van der Waals surface area (Å²) in [6, 6.07) is 1.75. The average Bonchev–Trinajstić information content (AvgIpc) is 2.05. The van der Waals surface area contributed by atoms with Gasteiger partial charge in [0.2, 0.25) is 0 Å². The number of H-pyrrole nitrogens is 1. The summed E-state index contributed by atoms with van der Waals surface area (Å²) in [7, 11) is 0. The van der Waals surface area contributed by atoms with Gasteiger partial charge in [-0.1, -0.05) is 13.8 Å². The molecular formula is C8H13N3O. The predicted octanol–water partition coefficient (Wildman–Crippen LogP) is 0.352. The van der Waals surface area contributed by atoms with Crippen LogP contribution in [0.1, 0.15) is 31.0 Å². The number of nitrogens with one attached hydrogen (secondary N) is 1. The Labute approximate surface area is 70.8 Å². The summed E-state index contributed by atoms with van der Waals surface area (Å²) < 4.78 is 0. The normalized spacial score (nSPS) is 10.7. The smallest absolute Gasteiger partial charge is 0.268 e. The van der Waals surface area contributed by atoms with E-state index in [2.05, 4.69) is 10.2 Å². The van der Waals surface area contributed by atoms with Crippen LogP contribution in [0.15, 0.2) is 10.9 Å². The molecule has 4 nitrogen and oxygen atoms in total. The van der Waals surface area contributed by atoms with E-state index in [4.69, 9.17) is 5.73 Å². The van der Waals surface area contributed by atoms with E-state index in [1.807, 2.05) is 13.8 Å². The molecule has 0 amide bonds. The summed E-state index contributed by atoms with van der Waals surface area (Å²) in [6.45, 7) is 4.29. The van der Waals surface area contributed by atoms with Crippen molar-refractivity contribution in [2.75, 3.05) is 0 Å². The van der Waals surface area contributed by atoms with Crippen molar-refractivity contribution in [3.05, 3.63) is 27.7 Å². The lowest BCUT2D eigenvalue weighted by atomic mass is 10.1. The van der Waals surface area contributed by atoms with Crippen molar-refractivity contribution in [2.45, 2.75) is 26.3 Å². The van der Waals surface area contributed by atoms with Crippen LogP contribution in [0.5, 0.6) is 0 Å². The van der Waals surface area contributed by atoms with Gasteiger partial charge in [0.25, 0.3) is 5.56 Å². The Balaban J connectivity index is 3.14. The van der Waals surface area contributed by atoms with Crippen LogP contribution in [0.3, 0.4) is 0 Å². The summed E-state index contributed by atoms with van der Waals surface area (Å²) in [6.07, 6.45) is 0. The van der Waals surface area contributed by atoms with Gasteiger partial charge in [0, 0.05) is 12.1 Å². The summed E-state index contributed by atoms with van der Waals surface area (Å²) in [5.41, 5.74) is 6.64. The number of aromatic nitrogens is 2. The van der Waals surface area contributed by atoms with E-state index in [9.17, 15) is 4.79 Å². The Kier molecular flexibility index (Phi) is 2.60. The molecule has 0 unspecified atom stereocenters. The van der Waals surface area contributed by atoms with Crippen molar-refractivity contribution in [3.63, 3.8) is 0 Å². The third-order valence-electron chi connectivity index (χ3n) is 1.71. The lowest BCUT2D eigenvalue weighted by Crippen LogP contribution is -2.18. The minimum absolute atomic E-state index is 0.193. The minimum atomic E-state index is -0.193. The van der Waals surface area contributed by atoms with Crippen LogP contribution in [0.4, 0.5) is 0 Å². The van der Waals surface area contributed by atoms with Gasteiger partial charge in [0.05, 0.1) is 5.69 Å². The van der Waals surface area contributed by atoms with Crippen LogP contribution in [-0.2, 0) is 6.54 Å². The van der Waals surface area contributed by atoms with Gasteiger partial charge < -0.3 is 5.73 Å². The molecule has 0 radical (unpaired) electrons. The molecule has 0 bridgehead atoms. The van der Waals surface area contributed by atoms with Gasteiger partial charge in [-0.3, -0.25) is 4.79 Å². The van der Waals surface area contributed by atoms with Gasteiger partial charge in [0.1, 0.15) is 0 Å². The second-order valence-electron chi connectivity index (χ2n) is 3.01. The van der Waals surface area contributed by atoms with Crippen molar-refractivity contribution in [1.29, 1.82) is 0 Å². The highest BCUT2D eigenvalue weighted by Gasteiger charge is 2.04. The summed E-state index contributed by atoms with van der Waals surface area (Å²) >= 11 is 0. The Hall–Kier alpha value is -1.16. The minimum Gasteiger partial charge on any atom is -0.326 e. The van der Waals surface area contributed by atoms with E-state index in [-0.39, 0.29) is 12.1 Å². The molecule has 1 rings (SSSR count). The maximum atomic E-state index is 11.0. The van der Waals surface area contributed by atoms with Crippen molar-refractivity contribution in [2.24, 2.45) is 5.73 Å². The quantitative estimate of drug-likeness (QED) is 0.667. The second kappa shape index (κ2) is 3.49. The first-order valence-corrected chi connectivity index (χ1v) is 3.93. The SMILES string of the molecule is CC(C)c1cc(CN)c(=O)[nH]n1. The standard InChI is InChI=1S/C8H13N3O/c1-5(2)7-3-6(4-9)8(12)11-10-7/h3,5H,4,9H2,1-2H3,(H,11,12). The molecule has 0 spiro atoms. The number of rotatable bonds is 2. The van der Waals surface area contributed by atoms with E-state index in [1.54, 1.807) is 6.07 Å². The van der Waals surface area contributed by atoms with E-state index < -0.39 is 0 Å². The third-order valence-corrected chi connectivity index (χ3v) is 1.71. The number of hydrogen-bond donors (Lipinski definition) is 2. The van der Waals surface area contributed by atoms with Crippen LogP contribution in [0, 0.1) is 0 Å². The van der Waals surface area contributed by atoms with Crippen LogP contribution >= 0.6 is 0 Å². The Bertz CT molecular complexity index is 316. The molecule has 0 aromatic carbocycles. The molecule has 66 valence electrons. The first-order valence-electron chi connectivity index (χ1n) is 3.93. The highest BCUT2D eigenvalue weighted by Crippen LogP contribution is 2.08. The van der Waals surface area contributed by atoms with E-state index >= 15 is 0 Å². The lowest BCUT2D eigenvalue weighted by molar-refractivity contribution is 0.765. The molecular weight excluding hydrogens is 154 g/mol. The highest BCUT2D eigenvalue weighted by atomic mass is 16.1. The van der Waals surface area contributed by atoms with Crippen LogP contribution in [-0.4, -0.2) is 10.2 Å². The molecule has 0 aliphatic heterocycles. The molecule has 1 heterocycles. The van der Waals surface area contributed by atoms with Gasteiger partial charge in [-0.05, 0) is 12.0 Å². The summed E-state index contributed by atoms with van der Waals surface area (Å²) in [5, 5.41) is 6.31. The van der Waals surface area contributed by atoms with E-state index in [0.29, 0.717) is 11.5 Å². The van der Waals surface area contributed by atoms with Crippen molar-refractivity contribution >= 4 is 0 Å². The third kappa shape index (κ3) is 1.71. The predicted molar refractivity (Wildman–Crippen MR) is 46.8 cm³/mol. The fraction of sp³-hybridized carbons (Fsp3) is 0.500. The van der Waals surface area contributed by atoms with Gasteiger partial charge >= 0.3 is 0 Å². The van der Waals surface area contributed by atoms with E-state index in [0.717, 1.165) is 5.69 Å². The van der Waals surface area contributed by atoms with Gasteiger partial charge in [-0.15, -0.1) is 0 Å². The molecule has 1 aromatic heterocycles. The fourth-order valence-corrected chi connectivity index (χ4v) is 0.911. The zero-order chi connectivity index (χ0) is 9.14. The monoisotopic (exact) mass is 167 g/mol. The van der Waals surface area contributed by atoms with Gasteiger partial charge in [-0.2, -0.15) is 5.10 Å². The van der Waals surface area contributed by atoms with E-state index in [1.165, 1.54) is 0 Å². The highest BCUT2D eigenvalue weighted by molar-refractivity contribution is 5.14. The van der Waals surface area contributed by atoms with Crippen LogP contribution in [0.2, 0.25) is 0 Å². The van der Waals surface area contributed by atoms with Crippen molar-refractivity contribution in [1.82, 2.24) is 10.2 Å². The topological polar surface area (TPSA) is 71.8 Å². The van der Waals surface area contributed by atoms with Crippen LogP contribution in [0.25, 0.3) is 0 Å². The Morgan fingerprint density at radius 1 is 1.67 bits per heavy atom. The molecule has 1 aromatic rings. The number of nitrogens with two attached hydrogens (primary N) is 1. The van der Waals surface area contributed by atoms with Crippen molar-refractivity contribution < 1.29 is 0 Å². The van der Waals surface area contributed by atoms with Crippen LogP contribution < -0.4 is 11.3 Å². The molecule has 0 saturated heterocycles. The maximum absolute atomic E-state index is 11.0. The van der Waals surface area contributed by atoms with Crippen molar-refractivity contribution in [3.8, 4) is 0 Å². The molecule has 0 aliphatic rings. The average molecular weight is 167 g/mol. The largest absolute Gasteiger partial charge is 0.326 e. The zero-order valence-electron chi connectivity index (χ0n) is 7.29. The molecule has 0 atom stereocenters.